The number of allylic oxidation sites excluding steroid dienone is 1. The Hall–Kier alpha value is -3.56. The summed E-state index contributed by atoms with van der Waals surface area (Å²) in [5, 5.41) is 1.89. The monoisotopic (exact) mass is 458 g/mol. The molecular weight excluding hydrogens is 437 g/mol. The fraction of sp³-hybridized carbons (Fsp3) is 0.348. The molecule has 0 saturated heterocycles. The van der Waals surface area contributed by atoms with E-state index in [0.29, 0.717) is 5.56 Å². The van der Waals surface area contributed by atoms with Crippen LogP contribution in [0.2, 0.25) is 0 Å². The number of nitrogens with zero attached hydrogens (tertiary/aromatic N) is 3. The first-order chi connectivity index (χ1) is 15.5. The van der Waals surface area contributed by atoms with Gasteiger partial charge in [0, 0.05) is 42.5 Å². The fourth-order valence-corrected chi connectivity index (χ4v) is 4.41. The van der Waals surface area contributed by atoms with E-state index in [2.05, 4.69) is 9.97 Å². The zero-order valence-corrected chi connectivity index (χ0v) is 17.9. The predicted molar refractivity (Wildman–Crippen MR) is 110 cm³/mol. The van der Waals surface area contributed by atoms with Gasteiger partial charge in [0.05, 0.1) is 12.1 Å². The van der Waals surface area contributed by atoms with Crippen LogP contribution < -0.4 is 5.32 Å². The van der Waals surface area contributed by atoms with Crippen molar-refractivity contribution in [2.24, 2.45) is 5.41 Å². The summed E-state index contributed by atoms with van der Waals surface area (Å²) in [7, 11) is 0. The predicted octanol–water partition coefficient (Wildman–Crippen LogP) is 3.19. The summed E-state index contributed by atoms with van der Waals surface area (Å²) in [4.78, 5) is 48.1. The van der Waals surface area contributed by atoms with Crippen LogP contribution in [-0.2, 0) is 16.1 Å². The maximum absolute atomic E-state index is 14.7. The summed E-state index contributed by atoms with van der Waals surface area (Å²) in [6.07, 6.45) is 0.0767. The number of carbonyl (C=O) groups is 3. The van der Waals surface area contributed by atoms with E-state index in [9.17, 15) is 27.6 Å². The molecule has 1 aliphatic carbocycles. The highest BCUT2D eigenvalue weighted by atomic mass is 19.4. The van der Waals surface area contributed by atoms with Crippen molar-refractivity contribution in [2.75, 3.05) is 0 Å². The highest BCUT2D eigenvalue weighted by Gasteiger charge is 2.71. The first-order valence-corrected chi connectivity index (χ1v) is 10.2. The van der Waals surface area contributed by atoms with Gasteiger partial charge in [-0.25, -0.2) is 0 Å². The van der Waals surface area contributed by atoms with Crippen LogP contribution >= 0.6 is 0 Å². The Kier molecular flexibility index (Phi) is 5.34. The van der Waals surface area contributed by atoms with Crippen LogP contribution in [0.4, 0.5) is 13.2 Å². The van der Waals surface area contributed by atoms with E-state index < -0.39 is 40.3 Å². The minimum Gasteiger partial charge on any atom is -0.326 e. The Morgan fingerprint density at radius 3 is 2.39 bits per heavy atom. The van der Waals surface area contributed by atoms with Crippen molar-refractivity contribution >= 4 is 17.6 Å². The molecule has 1 aliphatic heterocycles. The van der Waals surface area contributed by atoms with Crippen molar-refractivity contribution in [3.63, 3.8) is 0 Å². The Morgan fingerprint density at radius 1 is 1.09 bits per heavy atom. The van der Waals surface area contributed by atoms with Crippen LogP contribution in [0.25, 0.3) is 0 Å². The highest BCUT2D eigenvalue weighted by molar-refractivity contribution is 6.14. The second-order valence-electron chi connectivity index (χ2n) is 8.95. The molecule has 4 rings (SSSR count). The van der Waals surface area contributed by atoms with Gasteiger partial charge in [0.2, 0.25) is 5.54 Å². The summed E-state index contributed by atoms with van der Waals surface area (Å²) < 4.78 is 44.2. The summed E-state index contributed by atoms with van der Waals surface area (Å²) in [6.45, 7) is 3.30. The first-order valence-electron chi connectivity index (χ1n) is 10.2. The Morgan fingerprint density at radius 2 is 1.79 bits per heavy atom. The quantitative estimate of drug-likeness (QED) is 0.760. The fourth-order valence-electron chi connectivity index (χ4n) is 4.41. The number of nitrogens with one attached hydrogen (secondary N) is 1. The second-order valence-corrected chi connectivity index (χ2v) is 8.95. The van der Waals surface area contributed by atoms with Gasteiger partial charge in [-0.3, -0.25) is 24.4 Å². The Labute approximate surface area is 187 Å². The number of halogens is 3. The van der Waals surface area contributed by atoms with E-state index in [1.165, 1.54) is 36.9 Å². The van der Waals surface area contributed by atoms with E-state index in [1.807, 2.05) is 5.32 Å². The number of hydrogen-bond donors (Lipinski definition) is 1. The van der Waals surface area contributed by atoms with Gasteiger partial charge in [-0.2, -0.15) is 13.2 Å². The van der Waals surface area contributed by atoms with E-state index >= 15 is 0 Å². The molecule has 33 heavy (non-hydrogen) atoms. The van der Waals surface area contributed by atoms with Crippen molar-refractivity contribution in [1.29, 1.82) is 0 Å². The number of pyridine rings is 2. The lowest BCUT2D eigenvalue weighted by atomic mass is 9.72. The number of hydrogen-bond acceptors (Lipinski definition) is 5. The average molecular weight is 458 g/mol. The van der Waals surface area contributed by atoms with Gasteiger partial charge in [0.15, 0.2) is 5.78 Å². The van der Waals surface area contributed by atoms with Crippen LogP contribution in [0.15, 0.2) is 60.3 Å². The van der Waals surface area contributed by atoms with Gasteiger partial charge >= 0.3 is 6.18 Å². The molecular formula is C23H21F3N4O3. The van der Waals surface area contributed by atoms with Crippen LogP contribution in [0.3, 0.4) is 0 Å². The Bertz CT molecular complexity index is 1150. The number of alkyl halides is 3. The summed E-state index contributed by atoms with van der Waals surface area (Å²) >= 11 is 0. The summed E-state index contributed by atoms with van der Waals surface area (Å²) in [5.41, 5.74) is -4.47. The standard InChI is InChI=1S/C23H21F3N4O3/c1-21(2)10-16-18(17(31)11-21)22(23(24,25)26,29-19(32)15-5-8-27-9-6-15)20(33)30(16)13-14-4-3-7-28-12-14/h3-9,12H,10-11,13H2,1-2H3,(H,29,32)/t22-/m1/s1. The molecule has 0 unspecified atom stereocenters. The smallest absolute Gasteiger partial charge is 0.326 e. The molecule has 172 valence electrons. The highest BCUT2D eigenvalue weighted by Crippen LogP contribution is 2.52. The van der Waals surface area contributed by atoms with Gasteiger partial charge in [-0.1, -0.05) is 19.9 Å². The van der Waals surface area contributed by atoms with Crippen molar-refractivity contribution in [1.82, 2.24) is 20.2 Å². The second kappa shape index (κ2) is 7.79. The third-order valence-corrected chi connectivity index (χ3v) is 5.85. The van der Waals surface area contributed by atoms with Gasteiger partial charge in [0.25, 0.3) is 11.8 Å². The minimum absolute atomic E-state index is 0.0162. The molecule has 2 aromatic rings. The van der Waals surface area contributed by atoms with E-state index in [0.717, 1.165) is 4.90 Å². The van der Waals surface area contributed by atoms with Crippen molar-refractivity contribution < 1.29 is 27.6 Å². The maximum atomic E-state index is 14.7. The van der Waals surface area contributed by atoms with Crippen LogP contribution in [0.1, 0.15) is 42.6 Å². The average Bonchev–Trinajstić information content (AvgIpc) is 2.97. The van der Waals surface area contributed by atoms with Crippen LogP contribution in [0, 0.1) is 5.41 Å². The maximum Gasteiger partial charge on any atom is 0.425 e. The van der Waals surface area contributed by atoms with Crippen LogP contribution in [-0.4, -0.2) is 44.2 Å². The zero-order chi connectivity index (χ0) is 24.0. The molecule has 10 heteroatoms. The topological polar surface area (TPSA) is 92.3 Å². The Balaban J connectivity index is 1.88. The molecule has 0 aromatic carbocycles. The van der Waals surface area contributed by atoms with Gasteiger partial charge < -0.3 is 10.2 Å². The SMILES string of the molecule is CC1(C)CC(=O)C2=C(C1)N(Cc1cccnc1)C(=O)[C@@]2(NC(=O)c1ccncc1)C(F)(F)F. The molecule has 1 N–H and O–H groups in total. The van der Waals surface area contributed by atoms with Crippen molar-refractivity contribution in [3.05, 3.63) is 71.4 Å². The number of ketones is 1. The molecule has 0 bridgehead atoms. The molecule has 1 atom stereocenters. The van der Waals surface area contributed by atoms with E-state index in [-0.39, 0.29) is 30.6 Å². The first kappa shape index (κ1) is 22.6. The largest absolute Gasteiger partial charge is 0.425 e. The van der Waals surface area contributed by atoms with E-state index in [4.69, 9.17) is 0 Å². The number of carbonyl (C=O) groups excluding carboxylic acids is 3. The lowest BCUT2D eigenvalue weighted by Crippen LogP contribution is -2.66. The van der Waals surface area contributed by atoms with Crippen molar-refractivity contribution in [3.8, 4) is 0 Å². The van der Waals surface area contributed by atoms with Gasteiger partial charge in [-0.15, -0.1) is 0 Å². The lowest BCUT2D eigenvalue weighted by molar-refractivity contribution is -0.190. The molecule has 2 amide bonds. The number of aromatic nitrogens is 2. The molecule has 0 fully saturated rings. The molecule has 7 nitrogen and oxygen atoms in total. The molecule has 0 radical (unpaired) electrons. The third kappa shape index (κ3) is 3.79. The van der Waals surface area contributed by atoms with E-state index in [1.54, 1.807) is 26.0 Å². The lowest BCUT2D eigenvalue weighted by Gasteiger charge is -2.35. The molecule has 0 spiro atoms. The number of rotatable bonds is 4. The normalized spacial score (nSPS) is 22.4. The summed E-state index contributed by atoms with van der Waals surface area (Å²) in [5.74, 6) is -3.34. The molecule has 2 aromatic heterocycles. The van der Waals surface area contributed by atoms with Gasteiger partial charge in [0.1, 0.15) is 0 Å². The molecule has 0 saturated carbocycles. The molecule has 3 heterocycles. The van der Waals surface area contributed by atoms with Gasteiger partial charge in [-0.05, 0) is 35.6 Å². The zero-order valence-electron chi connectivity index (χ0n) is 17.9. The minimum atomic E-state index is -5.26. The number of amides is 2. The number of Topliss-reactive ketones (excluding diaryl/α,β-unsaturated/α-hetero) is 1. The molecule has 2 aliphatic rings. The van der Waals surface area contributed by atoms with Crippen molar-refractivity contribution in [2.45, 2.75) is 44.9 Å². The summed E-state index contributed by atoms with van der Waals surface area (Å²) in [6, 6.07) is 5.68. The van der Waals surface area contributed by atoms with Crippen LogP contribution in [0.5, 0.6) is 0 Å². The third-order valence-electron chi connectivity index (χ3n) is 5.85.